The fraction of sp³-hybridized carbons (Fsp3) is 0.450. The van der Waals surface area contributed by atoms with E-state index >= 15 is 0 Å². The molecule has 0 saturated heterocycles. The second kappa shape index (κ2) is 28.3. The van der Waals surface area contributed by atoms with Gasteiger partial charge >= 0.3 is 0 Å². The largest absolute Gasteiger partial charge is 0.489 e. The van der Waals surface area contributed by atoms with Crippen molar-refractivity contribution in [2.24, 2.45) is 14.1 Å². The number of aromatic nitrogens is 4. The number of nitrogens with zero attached hydrogens (tertiary/aromatic N) is 5. The van der Waals surface area contributed by atoms with Crippen molar-refractivity contribution in [3.05, 3.63) is 141 Å². The van der Waals surface area contributed by atoms with Gasteiger partial charge in [-0.25, -0.2) is 20.4 Å². The average Bonchev–Trinajstić information content (AvgIpc) is 3.96. The number of hydrazine groups is 2. The van der Waals surface area contributed by atoms with Crippen LogP contribution in [0.5, 0.6) is 11.5 Å². The summed E-state index contributed by atoms with van der Waals surface area (Å²) in [5.74, 6) is 2.60. The first kappa shape index (κ1) is 64.7. The number of aldehydes is 1. The molecule has 0 unspecified atom stereocenters. The number of carbonyl (C=O) groups excluding carboxylic acids is 3. The molecule has 424 valence electrons. The lowest BCUT2D eigenvalue weighted by Gasteiger charge is -2.35. The molecule has 0 aliphatic carbocycles. The molecule has 0 aliphatic rings. The molecule has 0 saturated carbocycles. The Bertz CT molecular complexity index is 2900. The highest BCUT2D eigenvalue weighted by atomic mass is 35.5. The van der Waals surface area contributed by atoms with Crippen molar-refractivity contribution in [3.8, 4) is 34.0 Å². The van der Waals surface area contributed by atoms with Crippen molar-refractivity contribution < 1.29 is 33.4 Å². The Balaban J connectivity index is 0.000000283. The number of amides is 2. The van der Waals surface area contributed by atoms with E-state index in [1.807, 2.05) is 96.5 Å². The Hall–Kier alpha value is -5.85. The van der Waals surface area contributed by atoms with E-state index in [1.165, 1.54) is 0 Å². The summed E-state index contributed by atoms with van der Waals surface area (Å²) in [6, 6.07) is 26.1. The van der Waals surface area contributed by atoms with Crippen molar-refractivity contribution in [2.75, 3.05) is 19.8 Å². The smallest absolute Gasteiger partial charge is 0.265 e. The van der Waals surface area contributed by atoms with Crippen molar-refractivity contribution in [2.45, 2.75) is 144 Å². The number of hydrogen-bond acceptors (Lipinski definition) is 11. The van der Waals surface area contributed by atoms with Crippen LogP contribution in [0.15, 0.2) is 97.3 Å². The van der Waals surface area contributed by atoms with Gasteiger partial charge in [-0.15, -0.1) is 0 Å². The minimum Gasteiger partial charge on any atom is -0.489 e. The highest BCUT2D eigenvalue weighted by molar-refractivity contribution is 6.74. The zero-order chi connectivity index (χ0) is 58.3. The van der Waals surface area contributed by atoms with Gasteiger partial charge in [0.05, 0.1) is 46.9 Å². The van der Waals surface area contributed by atoms with Crippen LogP contribution in [0.4, 0.5) is 0 Å². The van der Waals surface area contributed by atoms with Crippen molar-refractivity contribution in [1.29, 1.82) is 0 Å². The van der Waals surface area contributed by atoms with E-state index in [2.05, 4.69) is 107 Å². The molecule has 78 heavy (non-hydrogen) atoms. The molecule has 0 spiro atoms. The molecule has 4 N–H and O–H groups in total. The van der Waals surface area contributed by atoms with Crippen LogP contribution in [0.25, 0.3) is 22.5 Å². The van der Waals surface area contributed by atoms with Gasteiger partial charge in [-0.1, -0.05) is 134 Å². The number of imidazole rings is 2. The van der Waals surface area contributed by atoms with E-state index in [4.69, 9.17) is 47.1 Å². The van der Waals surface area contributed by atoms with E-state index < -0.39 is 8.32 Å². The van der Waals surface area contributed by atoms with E-state index in [-0.39, 0.29) is 59.6 Å². The van der Waals surface area contributed by atoms with Gasteiger partial charge in [-0.3, -0.25) is 20.4 Å². The monoisotopic (exact) mass is 1130 g/mol. The van der Waals surface area contributed by atoms with Gasteiger partial charge in [-0.05, 0) is 93.4 Å². The summed E-state index contributed by atoms with van der Waals surface area (Å²) >= 11 is 12.5. The maximum atomic E-state index is 12.8. The molecule has 2 aromatic heterocycles. The molecule has 2 amide bonds. The van der Waals surface area contributed by atoms with Crippen LogP contribution < -0.4 is 25.8 Å². The zero-order valence-corrected chi connectivity index (χ0v) is 51.4. The minimum absolute atomic E-state index is 0.0124. The maximum absolute atomic E-state index is 12.8. The first-order chi connectivity index (χ1) is 36.3. The predicted molar refractivity (Wildman–Crippen MR) is 318 cm³/mol. The maximum Gasteiger partial charge on any atom is 0.265 e. The van der Waals surface area contributed by atoms with Crippen molar-refractivity contribution in [3.63, 3.8) is 0 Å². The summed E-state index contributed by atoms with van der Waals surface area (Å²) in [5.41, 5.74) is 15.3. The van der Waals surface area contributed by atoms with Crippen molar-refractivity contribution >= 4 is 49.6 Å². The van der Waals surface area contributed by atoms with Gasteiger partial charge in [0.2, 0.25) is 0 Å². The predicted octanol–water partition coefficient (Wildman–Crippen LogP) is 12.4. The SMILES string of the molecule is CC(C)(C)[Si](C)(C)OCC=O.CC(C)Oc1ccc(C(=O)NN(CCO)Cc2ccc(-c3cn(C)c(C(C)(C)C)n3)cc2)cc1Cl.CC(C)Oc1ccc(C(=O)NNCc2ccc(-c3cn(C)c(C(C)(C)C)n3)cc2)cc1Cl. The highest BCUT2D eigenvalue weighted by Gasteiger charge is 2.37. The van der Waals surface area contributed by atoms with Crippen LogP contribution in [0.3, 0.4) is 0 Å². The van der Waals surface area contributed by atoms with E-state index in [9.17, 15) is 19.5 Å². The highest BCUT2D eigenvalue weighted by Crippen LogP contribution is 2.36. The molecule has 0 bridgehead atoms. The van der Waals surface area contributed by atoms with Crippen LogP contribution in [-0.2, 0) is 47.2 Å². The van der Waals surface area contributed by atoms with Gasteiger partial charge in [0.25, 0.3) is 11.8 Å². The molecule has 6 aromatic rings. The number of hydrogen-bond donors (Lipinski definition) is 4. The number of benzene rings is 4. The number of aliphatic hydroxyl groups excluding tert-OH is 1. The Morgan fingerprint density at radius 1 is 0.692 bits per heavy atom. The summed E-state index contributed by atoms with van der Waals surface area (Å²) in [6.45, 7) is 32.7. The minimum atomic E-state index is -1.66. The van der Waals surface area contributed by atoms with Gasteiger partial charge in [0.15, 0.2) is 8.32 Å². The second-order valence-corrected chi connectivity index (χ2v) is 28.9. The van der Waals surface area contributed by atoms with Crippen LogP contribution in [-0.4, -0.2) is 87.6 Å². The normalized spacial score (nSPS) is 11.9. The number of ether oxygens (including phenoxy) is 2. The van der Waals surface area contributed by atoms with E-state index in [0.29, 0.717) is 45.8 Å². The number of halogens is 2. The molecular weight excluding hydrogens is 1040 g/mol. The standard InChI is InChI=1S/C27H35ClN4O3.C25H31ClN4O2.C8H18O2Si/c1-18(2)35-24-12-11-21(15-22(24)28)25(34)30-32(13-14-33)16-19-7-9-20(10-8-19)23-17-31(6)26(29-23)27(3,4)5;1-16(2)32-22-12-11-19(13-20(22)26)23(31)29-27-14-17-7-9-18(10-8-17)21-15-30(6)24(28-21)25(3,4)5;1-8(2,3)11(4,5)10-7-6-9/h7-12,15,17-18,33H,13-14,16H2,1-6H3,(H,30,34);7-13,15-16,27H,14H2,1-6H3,(H,29,31);6H,7H2,1-5H3. The lowest BCUT2D eigenvalue weighted by atomic mass is 9.96. The van der Waals surface area contributed by atoms with Crippen LogP contribution in [0.2, 0.25) is 28.2 Å². The van der Waals surface area contributed by atoms with Crippen LogP contribution in [0.1, 0.15) is 134 Å². The number of aryl methyl sites for hydroxylation is 2. The van der Waals surface area contributed by atoms with E-state index in [0.717, 1.165) is 51.6 Å². The lowest BCUT2D eigenvalue weighted by Crippen LogP contribution is -2.43. The quantitative estimate of drug-likeness (QED) is 0.0345. The topological polar surface area (TPSA) is 174 Å². The van der Waals surface area contributed by atoms with Gasteiger partial charge in [0, 0.05) is 79.2 Å². The molecular formula is C60H84Cl2N8O7Si. The third kappa shape index (κ3) is 19.5. The number of aliphatic hydroxyl groups is 1. The number of nitrogens with one attached hydrogen (secondary N) is 3. The summed E-state index contributed by atoms with van der Waals surface area (Å²) in [6.07, 6.45) is 4.91. The molecule has 15 nitrogen and oxygen atoms in total. The molecule has 2 heterocycles. The summed E-state index contributed by atoms with van der Waals surface area (Å²) < 4.78 is 20.9. The van der Waals surface area contributed by atoms with Gasteiger partial charge in [-0.2, -0.15) is 0 Å². The molecule has 0 aliphatic heterocycles. The number of rotatable bonds is 19. The van der Waals surface area contributed by atoms with Crippen LogP contribution >= 0.6 is 23.2 Å². The van der Waals surface area contributed by atoms with E-state index in [1.54, 1.807) is 41.4 Å². The van der Waals surface area contributed by atoms with Gasteiger partial charge in [0.1, 0.15) is 29.4 Å². The summed E-state index contributed by atoms with van der Waals surface area (Å²) in [7, 11) is 2.38. The first-order valence-corrected chi connectivity index (χ1v) is 30.0. The Labute approximate surface area is 474 Å². The van der Waals surface area contributed by atoms with Crippen molar-refractivity contribution in [1.82, 2.24) is 40.4 Å². The fourth-order valence-corrected chi connectivity index (χ4v) is 9.01. The van der Waals surface area contributed by atoms with Gasteiger partial charge < -0.3 is 32.9 Å². The molecule has 0 atom stereocenters. The fourth-order valence-electron chi connectivity index (χ4n) is 7.64. The molecule has 18 heteroatoms. The lowest BCUT2D eigenvalue weighted by molar-refractivity contribution is -0.109. The summed E-state index contributed by atoms with van der Waals surface area (Å²) in [5, 5.41) is 12.2. The average molecular weight is 1130 g/mol. The third-order valence-electron chi connectivity index (χ3n) is 12.5. The van der Waals surface area contributed by atoms with Crippen LogP contribution in [0, 0.1) is 0 Å². The Kier molecular flexibility index (Phi) is 23.5. The third-order valence-corrected chi connectivity index (χ3v) is 17.6. The summed E-state index contributed by atoms with van der Waals surface area (Å²) in [4.78, 5) is 44.9. The first-order valence-electron chi connectivity index (χ1n) is 26.3. The zero-order valence-electron chi connectivity index (χ0n) is 48.9. The second-order valence-electron chi connectivity index (χ2n) is 23.3. The molecule has 0 fully saturated rings. The molecule has 6 rings (SSSR count). The Morgan fingerprint density at radius 2 is 1.13 bits per heavy atom. The molecule has 0 radical (unpaired) electrons. The molecule has 4 aromatic carbocycles. The number of carbonyl (C=O) groups is 3. The Morgan fingerprint density at radius 3 is 1.50 bits per heavy atom.